The lowest BCUT2D eigenvalue weighted by Gasteiger charge is -2.22. The van der Waals surface area contributed by atoms with Gasteiger partial charge in [0.15, 0.2) is 5.82 Å². The van der Waals surface area contributed by atoms with Crippen LogP contribution in [-0.2, 0) is 0 Å². The number of hydrogen-bond donors (Lipinski definition) is 0. The Labute approximate surface area is 158 Å². The lowest BCUT2D eigenvalue weighted by atomic mass is 10.0. The van der Waals surface area contributed by atoms with E-state index in [1.807, 2.05) is 42.5 Å². The SMILES string of the molecule is C1=CCC(n2c(-c3cccc(-c4ccccn4)n3)nc3ccccc32)CC1. The Bertz CT molecular complexity index is 1110. The van der Waals surface area contributed by atoms with Crippen LogP contribution in [0.1, 0.15) is 25.3 Å². The highest BCUT2D eigenvalue weighted by atomic mass is 15.1. The molecule has 1 aromatic carbocycles. The fraction of sp³-hybridized carbons (Fsp3) is 0.174. The van der Waals surface area contributed by atoms with Gasteiger partial charge in [-0.2, -0.15) is 0 Å². The van der Waals surface area contributed by atoms with Crippen LogP contribution in [0.15, 0.2) is 79.0 Å². The first-order valence-corrected chi connectivity index (χ1v) is 9.41. The second kappa shape index (κ2) is 6.80. The van der Waals surface area contributed by atoms with Crippen molar-refractivity contribution in [2.24, 2.45) is 0 Å². The van der Waals surface area contributed by atoms with E-state index in [1.54, 1.807) is 6.20 Å². The molecule has 0 aliphatic heterocycles. The molecule has 3 aromatic heterocycles. The zero-order chi connectivity index (χ0) is 18.1. The lowest BCUT2D eigenvalue weighted by Crippen LogP contribution is -2.12. The Morgan fingerprint density at radius 1 is 0.778 bits per heavy atom. The van der Waals surface area contributed by atoms with E-state index < -0.39 is 0 Å². The number of rotatable bonds is 3. The first-order chi connectivity index (χ1) is 13.4. The molecule has 132 valence electrons. The van der Waals surface area contributed by atoms with Crippen molar-refractivity contribution in [3.8, 4) is 22.9 Å². The molecule has 27 heavy (non-hydrogen) atoms. The Morgan fingerprint density at radius 3 is 2.48 bits per heavy atom. The summed E-state index contributed by atoms with van der Waals surface area (Å²) >= 11 is 0. The van der Waals surface area contributed by atoms with E-state index in [0.717, 1.165) is 47.7 Å². The molecule has 0 spiro atoms. The fourth-order valence-electron chi connectivity index (χ4n) is 3.82. The third-order valence-corrected chi connectivity index (χ3v) is 5.11. The summed E-state index contributed by atoms with van der Waals surface area (Å²) in [4.78, 5) is 14.3. The first-order valence-electron chi connectivity index (χ1n) is 9.41. The smallest absolute Gasteiger partial charge is 0.160 e. The predicted molar refractivity (Wildman–Crippen MR) is 108 cm³/mol. The first kappa shape index (κ1) is 15.9. The number of para-hydroxylation sites is 2. The van der Waals surface area contributed by atoms with Crippen LogP contribution in [-0.4, -0.2) is 19.5 Å². The fourth-order valence-corrected chi connectivity index (χ4v) is 3.82. The zero-order valence-electron chi connectivity index (χ0n) is 15.0. The molecule has 0 amide bonds. The van der Waals surface area contributed by atoms with Gasteiger partial charge in [-0.25, -0.2) is 9.97 Å². The van der Waals surface area contributed by atoms with E-state index in [0.29, 0.717) is 6.04 Å². The summed E-state index contributed by atoms with van der Waals surface area (Å²) in [5.41, 5.74) is 4.84. The van der Waals surface area contributed by atoms with Crippen LogP contribution < -0.4 is 0 Å². The minimum absolute atomic E-state index is 0.415. The highest BCUT2D eigenvalue weighted by Crippen LogP contribution is 2.33. The summed E-state index contributed by atoms with van der Waals surface area (Å²) in [6.45, 7) is 0. The standard InChI is InChI=1S/C23H20N4/c1-2-9-17(10-3-1)27-22-15-5-4-12-20(22)26-23(27)21-14-8-13-19(25-21)18-11-6-7-16-24-18/h1-2,4-8,11-17H,3,9-10H2. The number of imidazole rings is 1. The molecule has 1 unspecified atom stereocenters. The minimum Gasteiger partial charge on any atom is -0.319 e. The molecule has 0 N–H and O–H groups in total. The van der Waals surface area contributed by atoms with Gasteiger partial charge < -0.3 is 4.57 Å². The molecule has 0 bridgehead atoms. The third-order valence-electron chi connectivity index (χ3n) is 5.11. The Morgan fingerprint density at radius 2 is 1.63 bits per heavy atom. The second-order valence-corrected chi connectivity index (χ2v) is 6.86. The van der Waals surface area contributed by atoms with Crippen LogP contribution in [0.2, 0.25) is 0 Å². The van der Waals surface area contributed by atoms with Gasteiger partial charge in [0.25, 0.3) is 0 Å². The second-order valence-electron chi connectivity index (χ2n) is 6.86. The van der Waals surface area contributed by atoms with Gasteiger partial charge in [0.05, 0.1) is 22.4 Å². The van der Waals surface area contributed by atoms with Crippen molar-refractivity contribution in [1.29, 1.82) is 0 Å². The highest BCUT2D eigenvalue weighted by molar-refractivity contribution is 5.80. The van der Waals surface area contributed by atoms with Gasteiger partial charge in [0, 0.05) is 12.2 Å². The van der Waals surface area contributed by atoms with Crippen LogP contribution in [0.3, 0.4) is 0 Å². The normalized spacial score (nSPS) is 16.7. The number of fused-ring (bicyclic) bond motifs is 1. The van der Waals surface area contributed by atoms with E-state index in [1.165, 1.54) is 5.52 Å². The van der Waals surface area contributed by atoms with E-state index in [4.69, 9.17) is 9.97 Å². The van der Waals surface area contributed by atoms with Crippen molar-refractivity contribution < 1.29 is 0 Å². The molecule has 1 atom stereocenters. The van der Waals surface area contributed by atoms with E-state index in [2.05, 4.69) is 39.9 Å². The van der Waals surface area contributed by atoms with Crippen molar-refractivity contribution in [3.63, 3.8) is 0 Å². The average Bonchev–Trinajstić information content (AvgIpc) is 3.15. The molecular formula is C23H20N4. The molecule has 3 heterocycles. The number of aromatic nitrogens is 4. The summed E-state index contributed by atoms with van der Waals surface area (Å²) in [6.07, 6.45) is 9.63. The Balaban J connectivity index is 1.68. The number of benzene rings is 1. The molecule has 1 aliphatic carbocycles. The van der Waals surface area contributed by atoms with Crippen LogP contribution in [0.5, 0.6) is 0 Å². The van der Waals surface area contributed by atoms with Crippen LogP contribution in [0.4, 0.5) is 0 Å². The van der Waals surface area contributed by atoms with Crippen LogP contribution in [0, 0.1) is 0 Å². The summed E-state index contributed by atoms with van der Waals surface area (Å²) in [6, 6.07) is 20.8. The molecular weight excluding hydrogens is 332 g/mol. The maximum Gasteiger partial charge on any atom is 0.160 e. The molecule has 4 heteroatoms. The van der Waals surface area contributed by atoms with E-state index in [-0.39, 0.29) is 0 Å². The monoisotopic (exact) mass is 352 g/mol. The van der Waals surface area contributed by atoms with Crippen molar-refractivity contribution >= 4 is 11.0 Å². The molecule has 0 radical (unpaired) electrons. The van der Waals surface area contributed by atoms with Gasteiger partial charge in [-0.15, -0.1) is 0 Å². The maximum absolute atomic E-state index is 4.95. The zero-order valence-corrected chi connectivity index (χ0v) is 15.0. The summed E-state index contributed by atoms with van der Waals surface area (Å²) in [5.74, 6) is 0.939. The van der Waals surface area contributed by atoms with Gasteiger partial charge in [0.1, 0.15) is 5.69 Å². The van der Waals surface area contributed by atoms with Gasteiger partial charge in [0.2, 0.25) is 0 Å². The highest BCUT2D eigenvalue weighted by Gasteiger charge is 2.21. The van der Waals surface area contributed by atoms with Crippen LogP contribution >= 0.6 is 0 Å². The van der Waals surface area contributed by atoms with Gasteiger partial charge >= 0.3 is 0 Å². The number of allylic oxidation sites excluding steroid dienone is 2. The lowest BCUT2D eigenvalue weighted by molar-refractivity contribution is 0.475. The quantitative estimate of drug-likeness (QED) is 0.461. The molecule has 0 saturated heterocycles. The van der Waals surface area contributed by atoms with Gasteiger partial charge in [-0.3, -0.25) is 4.98 Å². The summed E-state index contributed by atoms with van der Waals surface area (Å²) in [5, 5.41) is 0. The average molecular weight is 352 g/mol. The van der Waals surface area contributed by atoms with Crippen molar-refractivity contribution in [3.05, 3.63) is 79.0 Å². The Hall–Kier alpha value is -3.27. The molecule has 4 nitrogen and oxygen atoms in total. The third kappa shape index (κ3) is 2.93. The predicted octanol–water partition coefficient (Wildman–Crippen LogP) is 5.44. The number of nitrogens with zero attached hydrogens (tertiary/aromatic N) is 4. The summed E-state index contributed by atoms with van der Waals surface area (Å²) in [7, 11) is 0. The van der Waals surface area contributed by atoms with E-state index >= 15 is 0 Å². The minimum atomic E-state index is 0.415. The van der Waals surface area contributed by atoms with Gasteiger partial charge in [-0.05, 0) is 55.7 Å². The summed E-state index contributed by atoms with van der Waals surface area (Å²) < 4.78 is 2.38. The molecule has 1 aliphatic rings. The largest absolute Gasteiger partial charge is 0.319 e. The molecule has 4 aromatic rings. The topological polar surface area (TPSA) is 43.6 Å². The molecule has 5 rings (SSSR count). The number of pyridine rings is 2. The van der Waals surface area contributed by atoms with E-state index in [9.17, 15) is 0 Å². The van der Waals surface area contributed by atoms with Crippen molar-refractivity contribution in [2.75, 3.05) is 0 Å². The van der Waals surface area contributed by atoms with Crippen LogP contribution in [0.25, 0.3) is 33.9 Å². The number of hydrogen-bond acceptors (Lipinski definition) is 3. The molecule has 0 saturated carbocycles. The Kier molecular flexibility index (Phi) is 4.02. The maximum atomic E-state index is 4.95. The van der Waals surface area contributed by atoms with Crippen molar-refractivity contribution in [2.45, 2.75) is 25.3 Å². The van der Waals surface area contributed by atoms with Gasteiger partial charge in [-0.1, -0.05) is 36.4 Å². The van der Waals surface area contributed by atoms with Crippen molar-refractivity contribution in [1.82, 2.24) is 19.5 Å². The molecule has 0 fully saturated rings.